The van der Waals surface area contributed by atoms with Crippen LogP contribution in [0.1, 0.15) is 36.8 Å². The number of benzene rings is 1. The third kappa shape index (κ3) is 5.67. The van der Waals surface area contributed by atoms with Crippen molar-refractivity contribution in [3.05, 3.63) is 35.4 Å². The van der Waals surface area contributed by atoms with Crippen LogP contribution in [0.2, 0.25) is 0 Å². The molecule has 1 aliphatic carbocycles. The van der Waals surface area contributed by atoms with Gasteiger partial charge in [0.1, 0.15) is 0 Å². The molecule has 0 aromatic heterocycles. The molecule has 2 unspecified atom stereocenters. The van der Waals surface area contributed by atoms with Gasteiger partial charge in [-0.1, -0.05) is 36.2 Å². The maximum atomic E-state index is 11.9. The van der Waals surface area contributed by atoms with Gasteiger partial charge in [-0.05, 0) is 44.2 Å². The van der Waals surface area contributed by atoms with E-state index >= 15 is 0 Å². The number of carbonyl (C=O) groups is 2. The molecule has 1 saturated carbocycles. The van der Waals surface area contributed by atoms with Gasteiger partial charge in [0.05, 0.1) is 6.54 Å². The van der Waals surface area contributed by atoms with Crippen LogP contribution < -0.4 is 16.4 Å². The average Bonchev–Trinajstić information content (AvgIpc) is 2.99. The second-order valence-electron chi connectivity index (χ2n) is 6.36. The molecule has 1 aromatic rings. The van der Waals surface area contributed by atoms with Crippen LogP contribution in [0.25, 0.3) is 0 Å². The fourth-order valence-corrected chi connectivity index (χ4v) is 3.05. The van der Waals surface area contributed by atoms with Crippen molar-refractivity contribution >= 4 is 11.8 Å². The quantitative estimate of drug-likeness (QED) is 0.708. The lowest BCUT2D eigenvalue weighted by molar-refractivity contribution is -0.126. The average molecular weight is 317 g/mol. The summed E-state index contributed by atoms with van der Waals surface area (Å²) >= 11 is 0. The van der Waals surface area contributed by atoms with E-state index in [1.54, 1.807) is 0 Å². The Balaban J connectivity index is 1.65. The summed E-state index contributed by atoms with van der Waals surface area (Å²) in [5, 5.41) is 5.67. The molecular weight excluding hydrogens is 290 g/mol. The van der Waals surface area contributed by atoms with Crippen molar-refractivity contribution in [1.82, 2.24) is 10.6 Å². The highest BCUT2D eigenvalue weighted by atomic mass is 16.2. The van der Waals surface area contributed by atoms with Gasteiger partial charge in [0.2, 0.25) is 11.8 Å². The normalized spacial score (nSPS) is 20.3. The Bertz CT molecular complexity index is 528. The molecule has 0 saturated heterocycles. The first-order valence-electron chi connectivity index (χ1n) is 8.40. The smallest absolute Gasteiger partial charge is 0.239 e. The lowest BCUT2D eigenvalue weighted by Gasteiger charge is -2.19. The van der Waals surface area contributed by atoms with Crippen molar-refractivity contribution in [2.75, 3.05) is 13.1 Å². The van der Waals surface area contributed by atoms with Gasteiger partial charge >= 0.3 is 0 Å². The molecule has 5 nitrogen and oxygen atoms in total. The number of rotatable bonds is 7. The van der Waals surface area contributed by atoms with Gasteiger partial charge < -0.3 is 16.4 Å². The van der Waals surface area contributed by atoms with Gasteiger partial charge in [-0.3, -0.25) is 9.59 Å². The minimum absolute atomic E-state index is 0.0422. The predicted octanol–water partition coefficient (Wildman–Crippen LogP) is 1.29. The standard InChI is InChI=1S/C18H27N3O2/c1-13-5-7-14(8-6-13)9-10-17(22)20-12-18(23)21-16-4-2-3-15(16)11-19/h5-8,15-16H,2-4,9-12,19H2,1H3,(H,20,22)(H,21,23). The number of carbonyl (C=O) groups excluding carboxylic acids is 2. The highest BCUT2D eigenvalue weighted by molar-refractivity contribution is 5.84. The second kappa shape index (κ2) is 8.67. The molecule has 4 N–H and O–H groups in total. The highest BCUT2D eigenvalue weighted by Gasteiger charge is 2.27. The fraction of sp³-hybridized carbons (Fsp3) is 0.556. The lowest BCUT2D eigenvalue weighted by atomic mass is 10.0. The van der Waals surface area contributed by atoms with Crippen molar-refractivity contribution in [3.63, 3.8) is 0 Å². The molecule has 1 fully saturated rings. The first kappa shape index (κ1) is 17.5. The molecule has 5 heteroatoms. The summed E-state index contributed by atoms with van der Waals surface area (Å²) in [7, 11) is 0. The molecule has 0 bridgehead atoms. The maximum absolute atomic E-state index is 11.9. The SMILES string of the molecule is Cc1ccc(CCC(=O)NCC(=O)NC2CCCC2CN)cc1. The van der Waals surface area contributed by atoms with Crippen molar-refractivity contribution < 1.29 is 9.59 Å². The number of nitrogens with one attached hydrogen (secondary N) is 2. The van der Waals surface area contributed by atoms with E-state index < -0.39 is 0 Å². The molecule has 2 atom stereocenters. The maximum Gasteiger partial charge on any atom is 0.239 e. The molecule has 0 aliphatic heterocycles. The van der Waals surface area contributed by atoms with Gasteiger partial charge in [-0.2, -0.15) is 0 Å². The summed E-state index contributed by atoms with van der Waals surface area (Å²) in [6, 6.07) is 8.30. The van der Waals surface area contributed by atoms with Crippen LogP contribution in [0.3, 0.4) is 0 Å². The number of aryl methyl sites for hydroxylation is 2. The zero-order valence-electron chi connectivity index (χ0n) is 13.8. The number of amides is 2. The van der Waals surface area contributed by atoms with Crippen LogP contribution in [0.4, 0.5) is 0 Å². The van der Waals surface area contributed by atoms with Crippen LogP contribution in [-0.2, 0) is 16.0 Å². The minimum atomic E-state index is -0.126. The third-order valence-corrected chi connectivity index (χ3v) is 4.52. The minimum Gasteiger partial charge on any atom is -0.352 e. The summed E-state index contributed by atoms with van der Waals surface area (Å²) in [6.07, 6.45) is 4.24. The van der Waals surface area contributed by atoms with Gasteiger partial charge in [-0.15, -0.1) is 0 Å². The van der Waals surface area contributed by atoms with Gasteiger partial charge in [-0.25, -0.2) is 0 Å². The lowest BCUT2D eigenvalue weighted by Crippen LogP contribution is -2.44. The van der Waals surface area contributed by atoms with Crippen molar-refractivity contribution in [1.29, 1.82) is 0 Å². The molecule has 126 valence electrons. The van der Waals surface area contributed by atoms with E-state index in [4.69, 9.17) is 5.73 Å². The zero-order valence-corrected chi connectivity index (χ0v) is 13.8. The Morgan fingerprint density at radius 1 is 1.17 bits per heavy atom. The van der Waals surface area contributed by atoms with Crippen molar-refractivity contribution in [2.24, 2.45) is 11.7 Å². The van der Waals surface area contributed by atoms with Gasteiger partial charge in [0, 0.05) is 12.5 Å². The summed E-state index contributed by atoms with van der Waals surface area (Å²) in [5.41, 5.74) is 8.04. The summed E-state index contributed by atoms with van der Waals surface area (Å²) in [5.74, 6) is 0.151. The Morgan fingerprint density at radius 2 is 1.91 bits per heavy atom. The van der Waals surface area contributed by atoms with E-state index in [1.165, 1.54) is 5.56 Å². The van der Waals surface area contributed by atoms with Crippen LogP contribution in [0.15, 0.2) is 24.3 Å². The Morgan fingerprint density at radius 3 is 2.61 bits per heavy atom. The number of nitrogens with two attached hydrogens (primary N) is 1. The van der Waals surface area contributed by atoms with Crippen LogP contribution >= 0.6 is 0 Å². The zero-order chi connectivity index (χ0) is 16.7. The summed E-state index contributed by atoms with van der Waals surface area (Å²) in [6.45, 7) is 2.68. The predicted molar refractivity (Wildman–Crippen MR) is 90.8 cm³/mol. The highest BCUT2D eigenvalue weighted by Crippen LogP contribution is 2.24. The summed E-state index contributed by atoms with van der Waals surface area (Å²) < 4.78 is 0. The third-order valence-electron chi connectivity index (χ3n) is 4.52. The number of hydrogen-bond donors (Lipinski definition) is 3. The molecule has 1 aliphatic rings. The Hall–Kier alpha value is -1.88. The Kier molecular flexibility index (Phi) is 6.59. The largest absolute Gasteiger partial charge is 0.352 e. The van der Waals surface area contributed by atoms with Crippen molar-refractivity contribution in [3.8, 4) is 0 Å². The molecule has 0 radical (unpaired) electrons. The van der Waals surface area contributed by atoms with Crippen LogP contribution in [0.5, 0.6) is 0 Å². The van der Waals surface area contributed by atoms with Gasteiger partial charge in [0.15, 0.2) is 0 Å². The van der Waals surface area contributed by atoms with E-state index in [1.807, 2.05) is 31.2 Å². The van der Waals surface area contributed by atoms with Crippen molar-refractivity contribution in [2.45, 2.75) is 45.1 Å². The molecule has 2 rings (SSSR count). The number of hydrogen-bond acceptors (Lipinski definition) is 3. The molecule has 0 spiro atoms. The van der Waals surface area contributed by atoms with Gasteiger partial charge in [0.25, 0.3) is 0 Å². The Labute approximate surface area is 138 Å². The first-order valence-corrected chi connectivity index (χ1v) is 8.40. The van der Waals surface area contributed by atoms with E-state index in [2.05, 4.69) is 10.6 Å². The molecule has 2 amide bonds. The molecular formula is C18H27N3O2. The van der Waals surface area contributed by atoms with Crippen LogP contribution in [-0.4, -0.2) is 30.9 Å². The topological polar surface area (TPSA) is 84.2 Å². The molecule has 0 heterocycles. The van der Waals surface area contributed by atoms with E-state index in [-0.39, 0.29) is 24.4 Å². The second-order valence-corrected chi connectivity index (χ2v) is 6.36. The van der Waals surface area contributed by atoms with Crippen LogP contribution in [0, 0.1) is 12.8 Å². The van der Waals surface area contributed by atoms with E-state index in [9.17, 15) is 9.59 Å². The monoisotopic (exact) mass is 317 g/mol. The molecule has 23 heavy (non-hydrogen) atoms. The molecule has 1 aromatic carbocycles. The van der Waals surface area contributed by atoms with E-state index in [0.717, 1.165) is 24.8 Å². The fourth-order valence-electron chi connectivity index (χ4n) is 3.05. The van der Waals surface area contributed by atoms with E-state index in [0.29, 0.717) is 25.3 Å². The summed E-state index contributed by atoms with van der Waals surface area (Å²) in [4.78, 5) is 23.7. The first-order chi connectivity index (χ1) is 11.1.